The fourth-order valence-electron chi connectivity index (χ4n) is 0.925. The first-order chi connectivity index (χ1) is 5.90. The number of nitrogens with one attached hydrogen (secondary N) is 2. The maximum absolute atomic E-state index is 4.03. The van der Waals surface area contributed by atoms with Crippen molar-refractivity contribution in [1.29, 1.82) is 0 Å². The zero-order chi connectivity index (χ0) is 8.39. The van der Waals surface area contributed by atoms with Gasteiger partial charge in [-0.2, -0.15) is 5.10 Å². The predicted molar refractivity (Wildman–Crippen MR) is 49.2 cm³/mol. The van der Waals surface area contributed by atoms with Gasteiger partial charge in [0.15, 0.2) is 0 Å². The first-order valence-corrected chi connectivity index (χ1v) is 4.40. The fraction of sp³-hybridized carbons (Fsp3) is 0.143. The zero-order valence-corrected chi connectivity index (χ0v) is 7.35. The minimum atomic E-state index is 0.846. The minimum absolute atomic E-state index is 0.846. The van der Waals surface area contributed by atoms with E-state index < -0.39 is 0 Å². The maximum atomic E-state index is 4.03. The van der Waals surface area contributed by atoms with Crippen molar-refractivity contribution in [3.8, 4) is 10.6 Å². The number of anilines is 1. The Labute approximate surface area is 73.7 Å². The van der Waals surface area contributed by atoms with Gasteiger partial charge in [-0.15, -0.1) is 11.3 Å². The second-order valence-electron chi connectivity index (χ2n) is 2.28. The van der Waals surface area contributed by atoms with Gasteiger partial charge in [0, 0.05) is 19.3 Å². The lowest BCUT2D eigenvalue weighted by molar-refractivity contribution is 1.09. The van der Waals surface area contributed by atoms with Crippen molar-refractivity contribution in [3.05, 3.63) is 17.8 Å². The number of thiazole rings is 1. The zero-order valence-electron chi connectivity index (χ0n) is 6.53. The lowest BCUT2D eigenvalue weighted by Gasteiger charge is -1.86. The lowest BCUT2D eigenvalue weighted by Crippen LogP contribution is -1.85. The molecule has 0 spiro atoms. The van der Waals surface area contributed by atoms with Gasteiger partial charge in [0.1, 0.15) is 5.82 Å². The highest BCUT2D eigenvalue weighted by molar-refractivity contribution is 7.13. The molecule has 0 radical (unpaired) electrons. The molecule has 2 heterocycles. The Kier molecular flexibility index (Phi) is 1.79. The van der Waals surface area contributed by atoms with Gasteiger partial charge in [-0.3, -0.25) is 10.1 Å². The number of aromatic amines is 1. The Morgan fingerprint density at radius 3 is 3.08 bits per heavy atom. The Hall–Kier alpha value is -1.36. The minimum Gasteiger partial charge on any atom is -0.372 e. The van der Waals surface area contributed by atoms with Gasteiger partial charge in [-0.05, 0) is 0 Å². The highest BCUT2D eigenvalue weighted by Gasteiger charge is 2.02. The number of aromatic nitrogens is 3. The Morgan fingerprint density at radius 1 is 1.58 bits per heavy atom. The van der Waals surface area contributed by atoms with Crippen LogP contribution in [0.15, 0.2) is 17.8 Å². The normalized spacial score (nSPS) is 10.1. The molecular formula is C7H8N4S. The summed E-state index contributed by atoms with van der Waals surface area (Å²) in [5.74, 6) is 0.846. The van der Waals surface area contributed by atoms with E-state index in [9.17, 15) is 0 Å². The first-order valence-electron chi connectivity index (χ1n) is 3.52. The van der Waals surface area contributed by atoms with Gasteiger partial charge in [-0.1, -0.05) is 0 Å². The average molecular weight is 180 g/mol. The van der Waals surface area contributed by atoms with Gasteiger partial charge >= 0.3 is 0 Å². The highest BCUT2D eigenvalue weighted by atomic mass is 32.1. The number of H-pyrrole nitrogens is 1. The molecule has 0 unspecified atom stereocenters. The van der Waals surface area contributed by atoms with Gasteiger partial charge < -0.3 is 5.32 Å². The summed E-state index contributed by atoms with van der Waals surface area (Å²) in [5.41, 5.74) is 2.80. The van der Waals surface area contributed by atoms with Crippen LogP contribution in [-0.2, 0) is 0 Å². The molecule has 0 saturated carbocycles. The molecule has 0 aliphatic rings. The fourth-order valence-corrected chi connectivity index (χ4v) is 1.51. The van der Waals surface area contributed by atoms with Crippen LogP contribution in [0.1, 0.15) is 0 Å². The molecule has 4 nitrogen and oxygen atoms in total. The van der Waals surface area contributed by atoms with Crippen molar-refractivity contribution in [2.24, 2.45) is 0 Å². The standard InChI is InChI=1S/C7H8N4S/c1-8-7-2-5(10-11-7)6-3-9-4-12-6/h2-4H,1H3,(H2,8,10,11). The summed E-state index contributed by atoms with van der Waals surface area (Å²) in [6, 6.07) is 1.95. The number of rotatable bonds is 2. The number of hydrogen-bond acceptors (Lipinski definition) is 4. The van der Waals surface area contributed by atoms with Crippen LogP contribution in [-0.4, -0.2) is 22.2 Å². The van der Waals surface area contributed by atoms with E-state index in [4.69, 9.17) is 0 Å². The molecule has 2 N–H and O–H groups in total. The van der Waals surface area contributed by atoms with Gasteiger partial charge in [0.25, 0.3) is 0 Å². The molecule has 0 aromatic carbocycles. The molecule has 0 aliphatic heterocycles. The van der Waals surface area contributed by atoms with E-state index in [1.54, 1.807) is 16.8 Å². The Morgan fingerprint density at radius 2 is 2.50 bits per heavy atom. The third kappa shape index (κ3) is 1.18. The third-order valence-electron chi connectivity index (χ3n) is 1.53. The topological polar surface area (TPSA) is 53.6 Å². The number of nitrogens with zero attached hydrogens (tertiary/aromatic N) is 2. The Bertz CT molecular complexity index is 351. The molecule has 12 heavy (non-hydrogen) atoms. The SMILES string of the molecule is CNc1cc(-c2cncs2)[nH]n1. The summed E-state index contributed by atoms with van der Waals surface area (Å²) < 4.78 is 0. The van der Waals surface area contributed by atoms with Crippen LogP contribution in [0.2, 0.25) is 0 Å². The van der Waals surface area contributed by atoms with Gasteiger partial charge in [-0.25, -0.2) is 0 Å². The maximum Gasteiger partial charge on any atom is 0.148 e. The smallest absolute Gasteiger partial charge is 0.148 e. The second-order valence-corrected chi connectivity index (χ2v) is 3.17. The van der Waals surface area contributed by atoms with Crippen molar-refractivity contribution in [2.45, 2.75) is 0 Å². The molecule has 2 aromatic rings. The second kappa shape index (κ2) is 2.94. The van der Waals surface area contributed by atoms with Crippen molar-refractivity contribution < 1.29 is 0 Å². The quantitative estimate of drug-likeness (QED) is 0.737. The van der Waals surface area contributed by atoms with Gasteiger partial charge in [0.05, 0.1) is 16.1 Å². The van der Waals surface area contributed by atoms with Crippen molar-refractivity contribution in [1.82, 2.24) is 15.2 Å². The highest BCUT2D eigenvalue weighted by Crippen LogP contribution is 2.22. The van der Waals surface area contributed by atoms with E-state index in [-0.39, 0.29) is 0 Å². The molecule has 0 aliphatic carbocycles. The summed E-state index contributed by atoms with van der Waals surface area (Å²) in [7, 11) is 1.84. The van der Waals surface area contributed by atoms with Crippen LogP contribution in [0.4, 0.5) is 5.82 Å². The molecule has 0 amide bonds. The molecule has 0 bridgehead atoms. The predicted octanol–water partition coefficient (Wildman–Crippen LogP) is 1.57. The van der Waals surface area contributed by atoms with Crippen LogP contribution >= 0.6 is 11.3 Å². The molecule has 62 valence electrons. The molecule has 0 fully saturated rings. The van der Waals surface area contributed by atoms with Crippen LogP contribution < -0.4 is 5.32 Å². The lowest BCUT2D eigenvalue weighted by atomic mass is 10.4. The molecular weight excluding hydrogens is 172 g/mol. The summed E-state index contributed by atoms with van der Waals surface area (Å²) in [4.78, 5) is 5.08. The van der Waals surface area contributed by atoms with Crippen molar-refractivity contribution >= 4 is 17.2 Å². The molecule has 0 atom stereocenters. The molecule has 2 aromatic heterocycles. The van der Waals surface area contributed by atoms with Crippen LogP contribution in [0.3, 0.4) is 0 Å². The van der Waals surface area contributed by atoms with E-state index >= 15 is 0 Å². The van der Waals surface area contributed by atoms with E-state index in [2.05, 4.69) is 20.5 Å². The van der Waals surface area contributed by atoms with Gasteiger partial charge in [0.2, 0.25) is 0 Å². The summed E-state index contributed by atoms with van der Waals surface area (Å²) in [6.45, 7) is 0. The van der Waals surface area contributed by atoms with E-state index in [1.165, 1.54) is 0 Å². The molecule has 0 saturated heterocycles. The van der Waals surface area contributed by atoms with Crippen molar-refractivity contribution in [2.75, 3.05) is 12.4 Å². The van der Waals surface area contributed by atoms with Crippen LogP contribution in [0.5, 0.6) is 0 Å². The van der Waals surface area contributed by atoms with Crippen LogP contribution in [0, 0.1) is 0 Å². The average Bonchev–Trinajstić information content (AvgIpc) is 2.75. The largest absolute Gasteiger partial charge is 0.372 e. The third-order valence-corrected chi connectivity index (χ3v) is 2.34. The van der Waals surface area contributed by atoms with E-state index in [1.807, 2.05) is 19.3 Å². The summed E-state index contributed by atoms with van der Waals surface area (Å²) >= 11 is 1.59. The Balaban J connectivity index is 2.35. The van der Waals surface area contributed by atoms with E-state index in [0.717, 1.165) is 16.4 Å². The molecule has 5 heteroatoms. The number of hydrogen-bond donors (Lipinski definition) is 2. The van der Waals surface area contributed by atoms with Crippen LogP contribution in [0.25, 0.3) is 10.6 Å². The first kappa shape index (κ1) is 7.30. The summed E-state index contributed by atoms with van der Waals surface area (Å²) in [5, 5.41) is 9.90. The monoisotopic (exact) mass is 180 g/mol. The van der Waals surface area contributed by atoms with E-state index in [0.29, 0.717) is 0 Å². The summed E-state index contributed by atoms with van der Waals surface area (Å²) in [6.07, 6.45) is 1.82. The van der Waals surface area contributed by atoms with Crippen molar-refractivity contribution in [3.63, 3.8) is 0 Å². The molecule has 2 rings (SSSR count).